The Labute approximate surface area is 87.2 Å². The zero-order valence-electron chi connectivity index (χ0n) is 7.72. The van der Waals surface area contributed by atoms with Gasteiger partial charge in [-0.3, -0.25) is 0 Å². The summed E-state index contributed by atoms with van der Waals surface area (Å²) in [5.74, 6) is 1.85. The van der Waals surface area contributed by atoms with Crippen molar-refractivity contribution in [3.8, 4) is 5.75 Å². The van der Waals surface area contributed by atoms with Gasteiger partial charge in [0.25, 0.3) is 0 Å². The second kappa shape index (κ2) is 3.70. The molecule has 0 aliphatic heterocycles. The Morgan fingerprint density at radius 3 is 2.85 bits per heavy atom. The summed E-state index contributed by atoms with van der Waals surface area (Å²) in [7, 11) is 0. The molecule has 1 aromatic carbocycles. The van der Waals surface area contributed by atoms with Gasteiger partial charge in [-0.1, -0.05) is 15.9 Å². The summed E-state index contributed by atoms with van der Waals surface area (Å²) in [5, 5.41) is 0. The first-order valence-corrected chi connectivity index (χ1v) is 5.44. The average Bonchev–Trinajstić information content (AvgIpc) is 2.86. The van der Waals surface area contributed by atoms with Gasteiger partial charge in [0.1, 0.15) is 5.75 Å². The Kier molecular flexibility index (Phi) is 2.58. The van der Waals surface area contributed by atoms with E-state index in [9.17, 15) is 0 Å². The second-order valence-electron chi connectivity index (χ2n) is 3.66. The van der Waals surface area contributed by atoms with E-state index < -0.39 is 0 Å². The molecule has 1 aromatic rings. The molecule has 1 saturated carbocycles. The predicted octanol–water partition coefficient (Wildman–Crippen LogP) is 3.55. The van der Waals surface area contributed by atoms with Gasteiger partial charge in [-0.05, 0) is 49.4 Å². The standard InChI is InChI=1S/C11H13BrO/c1-8-6-10(12)4-5-11(8)13-7-9-2-3-9/h4-6,9H,2-3,7H2,1H3. The smallest absolute Gasteiger partial charge is 0.122 e. The molecule has 70 valence electrons. The number of hydrogen-bond donors (Lipinski definition) is 0. The van der Waals surface area contributed by atoms with Gasteiger partial charge >= 0.3 is 0 Å². The summed E-state index contributed by atoms with van der Waals surface area (Å²) in [6, 6.07) is 6.14. The van der Waals surface area contributed by atoms with Crippen LogP contribution in [-0.4, -0.2) is 6.61 Å². The van der Waals surface area contributed by atoms with Crippen LogP contribution in [0.3, 0.4) is 0 Å². The lowest BCUT2D eigenvalue weighted by Gasteiger charge is -2.08. The van der Waals surface area contributed by atoms with Crippen LogP contribution in [-0.2, 0) is 0 Å². The number of ether oxygens (including phenoxy) is 1. The van der Waals surface area contributed by atoms with Crippen LogP contribution in [0.4, 0.5) is 0 Å². The van der Waals surface area contributed by atoms with Crippen LogP contribution in [0.25, 0.3) is 0 Å². The summed E-state index contributed by atoms with van der Waals surface area (Å²) in [6.45, 7) is 2.97. The molecule has 0 atom stereocenters. The van der Waals surface area contributed by atoms with E-state index in [2.05, 4.69) is 28.9 Å². The van der Waals surface area contributed by atoms with Crippen molar-refractivity contribution >= 4 is 15.9 Å². The van der Waals surface area contributed by atoms with E-state index >= 15 is 0 Å². The number of rotatable bonds is 3. The number of aryl methyl sites for hydroxylation is 1. The molecule has 2 heteroatoms. The first-order valence-electron chi connectivity index (χ1n) is 4.64. The molecule has 0 aromatic heterocycles. The van der Waals surface area contributed by atoms with Gasteiger partial charge in [-0.25, -0.2) is 0 Å². The summed E-state index contributed by atoms with van der Waals surface area (Å²) in [4.78, 5) is 0. The van der Waals surface area contributed by atoms with Crippen molar-refractivity contribution in [2.45, 2.75) is 19.8 Å². The van der Waals surface area contributed by atoms with Crippen molar-refractivity contribution in [3.63, 3.8) is 0 Å². The number of benzene rings is 1. The molecule has 1 aliphatic rings. The predicted molar refractivity (Wildman–Crippen MR) is 57.1 cm³/mol. The molecule has 1 aliphatic carbocycles. The molecule has 1 fully saturated rings. The van der Waals surface area contributed by atoms with Crippen LogP contribution in [0.1, 0.15) is 18.4 Å². The molecule has 0 N–H and O–H groups in total. The maximum absolute atomic E-state index is 5.69. The van der Waals surface area contributed by atoms with Gasteiger partial charge < -0.3 is 4.74 Å². The van der Waals surface area contributed by atoms with Gasteiger partial charge in [0, 0.05) is 4.47 Å². The Hall–Kier alpha value is -0.500. The lowest BCUT2D eigenvalue weighted by atomic mass is 10.2. The number of hydrogen-bond acceptors (Lipinski definition) is 1. The zero-order chi connectivity index (χ0) is 9.26. The second-order valence-corrected chi connectivity index (χ2v) is 4.58. The van der Waals surface area contributed by atoms with Crippen molar-refractivity contribution in [1.82, 2.24) is 0 Å². The van der Waals surface area contributed by atoms with Crippen molar-refractivity contribution in [3.05, 3.63) is 28.2 Å². The van der Waals surface area contributed by atoms with Gasteiger partial charge in [0.15, 0.2) is 0 Å². The van der Waals surface area contributed by atoms with E-state index in [4.69, 9.17) is 4.74 Å². The topological polar surface area (TPSA) is 9.23 Å². The Bertz CT molecular complexity index is 305. The lowest BCUT2D eigenvalue weighted by Crippen LogP contribution is -2.00. The van der Waals surface area contributed by atoms with Crippen LogP contribution >= 0.6 is 15.9 Å². The average molecular weight is 241 g/mol. The quantitative estimate of drug-likeness (QED) is 0.786. The zero-order valence-corrected chi connectivity index (χ0v) is 9.30. The largest absolute Gasteiger partial charge is 0.493 e. The maximum Gasteiger partial charge on any atom is 0.122 e. The monoisotopic (exact) mass is 240 g/mol. The normalized spacial score (nSPS) is 15.8. The molecular weight excluding hydrogens is 228 g/mol. The third kappa shape index (κ3) is 2.47. The fraction of sp³-hybridized carbons (Fsp3) is 0.455. The van der Waals surface area contributed by atoms with Crippen molar-refractivity contribution in [2.24, 2.45) is 5.92 Å². The van der Waals surface area contributed by atoms with Crippen LogP contribution in [0.15, 0.2) is 22.7 Å². The Morgan fingerprint density at radius 2 is 2.23 bits per heavy atom. The molecule has 13 heavy (non-hydrogen) atoms. The molecular formula is C11H13BrO. The summed E-state index contributed by atoms with van der Waals surface area (Å²) >= 11 is 3.43. The maximum atomic E-state index is 5.69. The first kappa shape index (κ1) is 9.07. The molecule has 1 nitrogen and oxygen atoms in total. The van der Waals surface area contributed by atoms with E-state index in [-0.39, 0.29) is 0 Å². The van der Waals surface area contributed by atoms with E-state index in [1.54, 1.807) is 0 Å². The molecule has 2 rings (SSSR count). The van der Waals surface area contributed by atoms with Crippen LogP contribution in [0.5, 0.6) is 5.75 Å². The SMILES string of the molecule is Cc1cc(Br)ccc1OCC1CC1. The van der Waals surface area contributed by atoms with Crippen molar-refractivity contribution in [1.29, 1.82) is 0 Å². The van der Waals surface area contributed by atoms with E-state index in [0.717, 1.165) is 22.7 Å². The van der Waals surface area contributed by atoms with E-state index in [1.165, 1.54) is 18.4 Å². The minimum Gasteiger partial charge on any atom is -0.493 e. The minimum atomic E-state index is 0.822. The van der Waals surface area contributed by atoms with Gasteiger partial charge in [0.2, 0.25) is 0 Å². The summed E-state index contributed by atoms with van der Waals surface area (Å²) < 4.78 is 6.81. The van der Waals surface area contributed by atoms with Crippen molar-refractivity contribution in [2.75, 3.05) is 6.61 Å². The molecule has 0 saturated heterocycles. The fourth-order valence-electron chi connectivity index (χ4n) is 1.27. The molecule has 0 spiro atoms. The third-order valence-corrected chi connectivity index (χ3v) is 2.80. The molecule has 0 unspecified atom stereocenters. The molecule has 0 amide bonds. The van der Waals surface area contributed by atoms with Crippen LogP contribution in [0, 0.1) is 12.8 Å². The highest BCUT2D eigenvalue weighted by Gasteiger charge is 2.22. The highest BCUT2D eigenvalue weighted by molar-refractivity contribution is 9.10. The highest BCUT2D eigenvalue weighted by atomic mass is 79.9. The lowest BCUT2D eigenvalue weighted by molar-refractivity contribution is 0.298. The van der Waals surface area contributed by atoms with Crippen LogP contribution < -0.4 is 4.74 Å². The molecule has 0 bridgehead atoms. The number of halogens is 1. The van der Waals surface area contributed by atoms with Crippen LogP contribution in [0.2, 0.25) is 0 Å². The highest BCUT2D eigenvalue weighted by Crippen LogP contribution is 2.30. The van der Waals surface area contributed by atoms with Gasteiger partial charge in [-0.15, -0.1) is 0 Å². The first-order chi connectivity index (χ1) is 6.25. The Morgan fingerprint density at radius 1 is 1.46 bits per heavy atom. The summed E-state index contributed by atoms with van der Waals surface area (Å²) in [6.07, 6.45) is 2.69. The van der Waals surface area contributed by atoms with E-state index in [1.807, 2.05) is 12.1 Å². The minimum absolute atomic E-state index is 0.822. The summed E-state index contributed by atoms with van der Waals surface area (Å²) in [5.41, 5.74) is 1.20. The fourth-order valence-corrected chi connectivity index (χ4v) is 1.74. The molecule has 0 heterocycles. The van der Waals surface area contributed by atoms with E-state index in [0.29, 0.717) is 0 Å². The van der Waals surface area contributed by atoms with Crippen molar-refractivity contribution < 1.29 is 4.74 Å². The Balaban J connectivity index is 2.01. The third-order valence-electron chi connectivity index (χ3n) is 2.31. The van der Waals surface area contributed by atoms with Gasteiger partial charge in [-0.2, -0.15) is 0 Å². The molecule has 0 radical (unpaired) electrons. The van der Waals surface area contributed by atoms with Gasteiger partial charge in [0.05, 0.1) is 6.61 Å².